The lowest BCUT2D eigenvalue weighted by Crippen LogP contribution is -2.24. The van der Waals surface area contributed by atoms with Crippen LogP contribution in [0.2, 0.25) is 0 Å². The summed E-state index contributed by atoms with van der Waals surface area (Å²) in [5.74, 6) is 0.771. The lowest BCUT2D eigenvalue weighted by atomic mass is 9.92. The summed E-state index contributed by atoms with van der Waals surface area (Å²) in [6, 6.07) is 6.13. The van der Waals surface area contributed by atoms with Crippen molar-refractivity contribution in [2.75, 3.05) is 20.2 Å². The second kappa shape index (κ2) is 9.70. The molecule has 1 heterocycles. The number of ether oxygens (including phenoxy) is 1. The highest BCUT2D eigenvalue weighted by Crippen LogP contribution is 2.20. The number of aromatic nitrogens is 2. The molecule has 27 heavy (non-hydrogen) atoms. The number of carbonyl (C=O) groups excluding carboxylic acids is 1. The molecule has 0 radical (unpaired) electrons. The van der Waals surface area contributed by atoms with Crippen LogP contribution in [0.3, 0.4) is 0 Å². The van der Waals surface area contributed by atoms with Crippen LogP contribution in [0.4, 0.5) is 0 Å². The van der Waals surface area contributed by atoms with Gasteiger partial charge in [0.05, 0.1) is 18.1 Å². The maximum absolute atomic E-state index is 11.3. The van der Waals surface area contributed by atoms with Gasteiger partial charge in [0.15, 0.2) is 0 Å². The monoisotopic (exact) mass is 371 g/mol. The second-order valence-corrected chi connectivity index (χ2v) is 8.09. The van der Waals surface area contributed by atoms with E-state index in [0.29, 0.717) is 5.41 Å². The molecular formula is C22H33N3O2. The van der Waals surface area contributed by atoms with E-state index in [-0.39, 0.29) is 5.97 Å². The molecule has 0 aliphatic carbocycles. The minimum atomic E-state index is -0.353. The van der Waals surface area contributed by atoms with Crippen molar-refractivity contribution in [3.63, 3.8) is 0 Å². The van der Waals surface area contributed by atoms with Gasteiger partial charge in [-0.25, -0.2) is 9.78 Å². The molecule has 148 valence electrons. The number of fused-ring (bicyclic) bond motifs is 1. The molecule has 0 fully saturated rings. The zero-order valence-corrected chi connectivity index (χ0v) is 17.3. The number of esters is 1. The van der Waals surface area contributed by atoms with Gasteiger partial charge >= 0.3 is 5.97 Å². The van der Waals surface area contributed by atoms with Crippen molar-refractivity contribution in [1.82, 2.24) is 14.9 Å². The van der Waals surface area contributed by atoms with Crippen LogP contribution in [0.5, 0.6) is 0 Å². The van der Waals surface area contributed by atoms with E-state index >= 15 is 0 Å². The molecule has 5 heteroatoms. The first-order valence-corrected chi connectivity index (χ1v) is 9.80. The Bertz CT molecular complexity index is 785. The third-order valence-electron chi connectivity index (χ3n) is 4.50. The van der Waals surface area contributed by atoms with Crippen molar-refractivity contribution in [3.8, 4) is 0 Å². The highest BCUT2D eigenvalue weighted by atomic mass is 16.5. The number of aryl methyl sites for hydroxylation is 1. The molecule has 0 amide bonds. The van der Waals surface area contributed by atoms with Gasteiger partial charge in [0.1, 0.15) is 5.82 Å². The first-order valence-electron chi connectivity index (χ1n) is 9.80. The molecule has 0 bridgehead atoms. The maximum atomic E-state index is 11.3. The number of hydrogen-bond acceptors (Lipinski definition) is 4. The van der Waals surface area contributed by atoms with Crippen LogP contribution in [0.15, 0.2) is 24.3 Å². The SMILES string of the molecule is CCCc1nc2cc(/C=C/C(=O)OC)ccc2n1CCNCCC(C)(C)C. The standard InChI is InChI=1S/C22H33N3O2/c1-6-7-20-24-18-16-17(9-11-21(26)27-5)8-10-19(18)25(20)15-14-23-13-12-22(2,3)4/h8-11,16,23H,6-7,12-15H2,1-5H3/b11-9+. The predicted molar refractivity (Wildman–Crippen MR) is 112 cm³/mol. The van der Waals surface area contributed by atoms with E-state index in [1.807, 2.05) is 12.1 Å². The summed E-state index contributed by atoms with van der Waals surface area (Å²) in [5, 5.41) is 3.55. The largest absolute Gasteiger partial charge is 0.466 e. The molecule has 5 nitrogen and oxygen atoms in total. The van der Waals surface area contributed by atoms with Crippen molar-refractivity contribution < 1.29 is 9.53 Å². The number of nitrogens with zero attached hydrogens (tertiary/aromatic N) is 2. The molecule has 1 N–H and O–H groups in total. The zero-order valence-electron chi connectivity index (χ0n) is 17.3. The van der Waals surface area contributed by atoms with Crippen molar-refractivity contribution in [3.05, 3.63) is 35.7 Å². The summed E-state index contributed by atoms with van der Waals surface area (Å²) < 4.78 is 6.96. The van der Waals surface area contributed by atoms with E-state index < -0.39 is 0 Å². The van der Waals surface area contributed by atoms with Gasteiger partial charge < -0.3 is 14.6 Å². The fourth-order valence-electron chi connectivity index (χ4n) is 2.98. The molecule has 0 saturated carbocycles. The van der Waals surface area contributed by atoms with Crippen LogP contribution < -0.4 is 5.32 Å². The highest BCUT2D eigenvalue weighted by molar-refractivity contribution is 5.88. The Morgan fingerprint density at radius 1 is 1.30 bits per heavy atom. The first-order chi connectivity index (χ1) is 12.8. The topological polar surface area (TPSA) is 56.1 Å². The van der Waals surface area contributed by atoms with E-state index in [1.165, 1.54) is 13.2 Å². The Labute approximate surface area is 162 Å². The van der Waals surface area contributed by atoms with E-state index in [4.69, 9.17) is 4.98 Å². The van der Waals surface area contributed by atoms with Crippen LogP contribution in [-0.4, -0.2) is 35.7 Å². The Morgan fingerprint density at radius 3 is 2.74 bits per heavy atom. The summed E-state index contributed by atoms with van der Waals surface area (Å²) in [6.07, 6.45) is 6.39. The number of carbonyl (C=O) groups is 1. The summed E-state index contributed by atoms with van der Waals surface area (Å²) in [5.41, 5.74) is 3.42. The second-order valence-electron chi connectivity index (χ2n) is 8.09. The molecule has 2 rings (SSSR count). The summed E-state index contributed by atoms with van der Waals surface area (Å²) in [4.78, 5) is 16.1. The minimum absolute atomic E-state index is 0.353. The third kappa shape index (κ3) is 6.51. The van der Waals surface area contributed by atoms with Gasteiger partial charge in [-0.3, -0.25) is 0 Å². The molecule has 0 aliphatic rings. The number of rotatable bonds is 9. The molecule has 2 aromatic rings. The highest BCUT2D eigenvalue weighted by Gasteiger charge is 2.11. The van der Waals surface area contributed by atoms with Gasteiger partial charge in [0.25, 0.3) is 0 Å². The quantitative estimate of drug-likeness (QED) is 0.408. The fourth-order valence-corrected chi connectivity index (χ4v) is 2.98. The lowest BCUT2D eigenvalue weighted by molar-refractivity contribution is -0.134. The van der Waals surface area contributed by atoms with E-state index in [1.54, 1.807) is 6.08 Å². The predicted octanol–water partition coefficient (Wildman–Crippen LogP) is 4.20. The molecular weight excluding hydrogens is 338 g/mol. The smallest absolute Gasteiger partial charge is 0.330 e. The van der Waals surface area contributed by atoms with Crippen LogP contribution in [0, 0.1) is 5.41 Å². The van der Waals surface area contributed by atoms with Crippen LogP contribution >= 0.6 is 0 Å². The Kier molecular flexibility index (Phi) is 7.60. The van der Waals surface area contributed by atoms with E-state index in [9.17, 15) is 4.79 Å². The number of hydrogen-bond donors (Lipinski definition) is 1. The number of imidazole rings is 1. The first kappa shape index (κ1) is 21.2. The minimum Gasteiger partial charge on any atom is -0.466 e. The van der Waals surface area contributed by atoms with Gasteiger partial charge in [-0.15, -0.1) is 0 Å². The van der Waals surface area contributed by atoms with Gasteiger partial charge in [0, 0.05) is 25.6 Å². The lowest BCUT2D eigenvalue weighted by Gasteiger charge is -2.18. The van der Waals surface area contributed by atoms with Crippen LogP contribution in [0.1, 0.15) is 51.9 Å². The van der Waals surface area contributed by atoms with Crippen molar-refractivity contribution in [2.45, 2.75) is 53.5 Å². The number of benzene rings is 1. The Morgan fingerprint density at radius 2 is 2.07 bits per heavy atom. The van der Waals surface area contributed by atoms with Crippen molar-refractivity contribution in [1.29, 1.82) is 0 Å². The zero-order chi connectivity index (χ0) is 19.9. The van der Waals surface area contributed by atoms with Gasteiger partial charge in [0.2, 0.25) is 0 Å². The number of methoxy groups -OCH3 is 1. The molecule has 0 saturated heterocycles. The van der Waals surface area contributed by atoms with Gasteiger partial charge in [-0.1, -0.05) is 33.8 Å². The molecule has 1 aromatic heterocycles. The third-order valence-corrected chi connectivity index (χ3v) is 4.50. The number of nitrogens with one attached hydrogen (secondary N) is 1. The molecule has 1 aromatic carbocycles. The summed E-state index contributed by atoms with van der Waals surface area (Å²) >= 11 is 0. The van der Waals surface area contributed by atoms with Gasteiger partial charge in [-0.05, 0) is 48.6 Å². The average molecular weight is 372 g/mol. The molecule has 0 aliphatic heterocycles. The van der Waals surface area contributed by atoms with Gasteiger partial charge in [-0.2, -0.15) is 0 Å². The molecule has 0 unspecified atom stereocenters. The van der Waals surface area contributed by atoms with E-state index in [0.717, 1.165) is 61.3 Å². The maximum Gasteiger partial charge on any atom is 0.330 e. The Balaban J connectivity index is 2.12. The normalized spacial score (nSPS) is 12.2. The van der Waals surface area contributed by atoms with Crippen molar-refractivity contribution in [2.24, 2.45) is 5.41 Å². The summed E-state index contributed by atoms with van der Waals surface area (Å²) in [6.45, 7) is 11.9. The van der Waals surface area contributed by atoms with Crippen LogP contribution in [0.25, 0.3) is 17.1 Å². The summed E-state index contributed by atoms with van der Waals surface area (Å²) in [7, 11) is 1.38. The Hall–Kier alpha value is -2.14. The molecule has 0 spiro atoms. The van der Waals surface area contributed by atoms with E-state index in [2.05, 4.69) is 48.4 Å². The molecule has 0 atom stereocenters. The van der Waals surface area contributed by atoms with Crippen LogP contribution in [-0.2, 0) is 22.5 Å². The fraction of sp³-hybridized carbons (Fsp3) is 0.545. The average Bonchev–Trinajstić information content (AvgIpc) is 2.95. The van der Waals surface area contributed by atoms with Crippen molar-refractivity contribution >= 4 is 23.1 Å².